The lowest BCUT2D eigenvalue weighted by atomic mass is 9.74. The monoisotopic (exact) mass is 405 g/mol. The van der Waals surface area contributed by atoms with Crippen LogP contribution in [0.5, 0.6) is 0 Å². The number of piperidine rings is 1. The van der Waals surface area contributed by atoms with E-state index in [4.69, 9.17) is 11.6 Å². The minimum atomic E-state index is -0.0871. The number of amides is 1. The Kier molecular flexibility index (Phi) is 4.35. The number of benzene rings is 2. The summed E-state index contributed by atoms with van der Waals surface area (Å²) in [6, 6.07) is 16.2. The molecule has 2 fully saturated rings. The summed E-state index contributed by atoms with van der Waals surface area (Å²) in [4.78, 5) is 12.2. The van der Waals surface area contributed by atoms with Gasteiger partial charge in [-0.15, -0.1) is 0 Å². The number of halogens is 2. The van der Waals surface area contributed by atoms with Gasteiger partial charge < -0.3 is 5.32 Å². The van der Waals surface area contributed by atoms with E-state index in [-0.39, 0.29) is 30.0 Å². The molecule has 2 aromatic rings. The minimum Gasteiger partial charge on any atom is -0.339 e. The summed E-state index contributed by atoms with van der Waals surface area (Å²) in [5, 5.41) is 3.78. The number of hydrazine groups is 1. The molecule has 24 heavy (non-hydrogen) atoms. The molecule has 0 spiro atoms. The highest BCUT2D eigenvalue weighted by molar-refractivity contribution is 9.10. The zero-order chi connectivity index (χ0) is 16.7. The molecule has 124 valence electrons. The lowest BCUT2D eigenvalue weighted by Crippen LogP contribution is -2.52. The zero-order valence-corrected chi connectivity index (χ0v) is 15.1. The SMILES string of the molecule is O=C1CC(c2cccc(Br)c2)C2C(NNC2c2ccc(Cl)cc2)N1. The van der Waals surface area contributed by atoms with Gasteiger partial charge in [0, 0.05) is 27.8 Å². The van der Waals surface area contributed by atoms with E-state index in [2.05, 4.69) is 44.2 Å². The van der Waals surface area contributed by atoms with Gasteiger partial charge in [-0.2, -0.15) is 0 Å². The van der Waals surface area contributed by atoms with Crippen molar-refractivity contribution in [2.45, 2.75) is 24.5 Å². The molecule has 0 radical (unpaired) electrons. The van der Waals surface area contributed by atoms with Gasteiger partial charge in [-0.25, -0.2) is 10.9 Å². The van der Waals surface area contributed by atoms with Crippen LogP contribution in [0.3, 0.4) is 0 Å². The van der Waals surface area contributed by atoms with Gasteiger partial charge in [0.25, 0.3) is 0 Å². The maximum atomic E-state index is 12.2. The van der Waals surface area contributed by atoms with E-state index in [0.29, 0.717) is 6.42 Å². The first kappa shape index (κ1) is 16.1. The first-order chi connectivity index (χ1) is 11.6. The van der Waals surface area contributed by atoms with Crippen molar-refractivity contribution in [3.05, 3.63) is 69.2 Å². The van der Waals surface area contributed by atoms with Gasteiger partial charge in [0.05, 0.1) is 12.2 Å². The van der Waals surface area contributed by atoms with E-state index in [0.717, 1.165) is 15.1 Å². The molecule has 2 aliphatic heterocycles. The predicted molar refractivity (Wildman–Crippen MR) is 97.4 cm³/mol. The standard InChI is InChI=1S/C18H17BrClN3O/c19-12-3-1-2-11(8-12)14-9-15(24)21-18-16(14)17(22-23-18)10-4-6-13(20)7-5-10/h1-8,14,16-18,22-23H,9H2,(H,21,24). The average molecular weight is 407 g/mol. The van der Waals surface area contributed by atoms with Crippen molar-refractivity contribution in [3.8, 4) is 0 Å². The molecule has 4 nitrogen and oxygen atoms in total. The smallest absolute Gasteiger partial charge is 0.221 e. The summed E-state index contributed by atoms with van der Waals surface area (Å²) in [5.74, 6) is 0.440. The molecule has 6 heteroatoms. The zero-order valence-electron chi connectivity index (χ0n) is 12.8. The number of fused-ring (bicyclic) bond motifs is 1. The van der Waals surface area contributed by atoms with Crippen LogP contribution in [0.25, 0.3) is 0 Å². The topological polar surface area (TPSA) is 53.2 Å². The van der Waals surface area contributed by atoms with E-state index in [9.17, 15) is 4.79 Å². The van der Waals surface area contributed by atoms with Crippen molar-refractivity contribution >= 4 is 33.4 Å². The Labute approximate surface area is 154 Å². The van der Waals surface area contributed by atoms with Gasteiger partial charge in [-0.1, -0.05) is 51.8 Å². The van der Waals surface area contributed by atoms with Crippen LogP contribution in [0, 0.1) is 5.92 Å². The highest BCUT2D eigenvalue weighted by Crippen LogP contribution is 2.43. The number of nitrogens with one attached hydrogen (secondary N) is 3. The summed E-state index contributed by atoms with van der Waals surface area (Å²) in [6.45, 7) is 0. The van der Waals surface area contributed by atoms with Crippen LogP contribution in [0.2, 0.25) is 5.02 Å². The third-order valence-electron chi connectivity index (χ3n) is 4.86. The molecule has 4 atom stereocenters. The number of hydrogen-bond acceptors (Lipinski definition) is 3. The van der Waals surface area contributed by atoms with Crippen molar-refractivity contribution in [2.24, 2.45) is 5.92 Å². The van der Waals surface area contributed by atoms with Gasteiger partial charge in [-0.3, -0.25) is 4.79 Å². The van der Waals surface area contributed by atoms with Crippen molar-refractivity contribution in [3.63, 3.8) is 0 Å². The van der Waals surface area contributed by atoms with Crippen LogP contribution in [0.4, 0.5) is 0 Å². The van der Waals surface area contributed by atoms with Gasteiger partial charge in [-0.05, 0) is 35.4 Å². The third-order valence-corrected chi connectivity index (χ3v) is 5.60. The average Bonchev–Trinajstić information content (AvgIpc) is 2.98. The van der Waals surface area contributed by atoms with Gasteiger partial charge in [0.2, 0.25) is 5.91 Å². The Morgan fingerprint density at radius 1 is 1.04 bits per heavy atom. The largest absolute Gasteiger partial charge is 0.339 e. The van der Waals surface area contributed by atoms with Crippen molar-refractivity contribution in [1.29, 1.82) is 0 Å². The van der Waals surface area contributed by atoms with E-state index in [1.54, 1.807) is 0 Å². The normalized spacial score (nSPS) is 29.2. The van der Waals surface area contributed by atoms with E-state index < -0.39 is 0 Å². The second kappa shape index (κ2) is 6.48. The number of rotatable bonds is 2. The highest BCUT2D eigenvalue weighted by atomic mass is 79.9. The van der Waals surface area contributed by atoms with E-state index >= 15 is 0 Å². The predicted octanol–water partition coefficient (Wildman–Crippen LogP) is 3.50. The minimum absolute atomic E-state index is 0.0762. The summed E-state index contributed by atoms with van der Waals surface area (Å²) in [5.41, 5.74) is 8.93. The maximum absolute atomic E-state index is 12.2. The second-order valence-corrected chi connectivity index (χ2v) is 7.66. The molecule has 4 rings (SSSR count). The molecule has 2 aromatic carbocycles. The Bertz CT molecular complexity index is 767. The van der Waals surface area contributed by atoms with Crippen LogP contribution in [0.1, 0.15) is 29.5 Å². The summed E-state index contributed by atoms with van der Waals surface area (Å²) in [7, 11) is 0. The van der Waals surface area contributed by atoms with Crippen LogP contribution in [-0.4, -0.2) is 12.1 Å². The molecule has 0 aliphatic carbocycles. The molecule has 0 saturated carbocycles. The molecule has 2 heterocycles. The van der Waals surface area contributed by atoms with Crippen LogP contribution in [-0.2, 0) is 4.79 Å². The van der Waals surface area contributed by atoms with Crippen molar-refractivity contribution in [2.75, 3.05) is 0 Å². The highest BCUT2D eigenvalue weighted by Gasteiger charge is 2.46. The van der Waals surface area contributed by atoms with Gasteiger partial charge in [0.1, 0.15) is 0 Å². The van der Waals surface area contributed by atoms with Gasteiger partial charge in [0.15, 0.2) is 0 Å². The summed E-state index contributed by atoms with van der Waals surface area (Å²) >= 11 is 9.56. The molecule has 0 bridgehead atoms. The second-order valence-electron chi connectivity index (χ2n) is 6.31. The Morgan fingerprint density at radius 3 is 2.58 bits per heavy atom. The van der Waals surface area contributed by atoms with Crippen molar-refractivity contribution < 1.29 is 4.79 Å². The summed E-state index contributed by atoms with van der Waals surface area (Å²) in [6.07, 6.45) is 0.404. The summed E-state index contributed by atoms with van der Waals surface area (Å²) < 4.78 is 1.03. The van der Waals surface area contributed by atoms with E-state index in [1.165, 1.54) is 5.56 Å². The molecular formula is C18H17BrClN3O. The molecule has 2 saturated heterocycles. The lowest BCUT2D eigenvalue weighted by Gasteiger charge is -2.36. The van der Waals surface area contributed by atoms with Crippen molar-refractivity contribution in [1.82, 2.24) is 16.2 Å². The molecule has 0 aromatic heterocycles. The molecule has 2 aliphatic rings. The molecule has 3 N–H and O–H groups in total. The Balaban J connectivity index is 1.71. The maximum Gasteiger partial charge on any atom is 0.221 e. The first-order valence-corrected chi connectivity index (χ1v) is 9.10. The molecule has 4 unspecified atom stereocenters. The number of carbonyl (C=O) groups excluding carboxylic acids is 1. The third kappa shape index (κ3) is 2.97. The van der Waals surface area contributed by atoms with Crippen LogP contribution in [0.15, 0.2) is 53.0 Å². The molecule has 1 amide bonds. The number of carbonyl (C=O) groups is 1. The quantitative estimate of drug-likeness (QED) is 0.715. The van der Waals surface area contributed by atoms with Gasteiger partial charge >= 0.3 is 0 Å². The fourth-order valence-electron chi connectivity index (χ4n) is 3.78. The Morgan fingerprint density at radius 2 is 1.83 bits per heavy atom. The fourth-order valence-corrected chi connectivity index (χ4v) is 4.33. The number of hydrogen-bond donors (Lipinski definition) is 3. The fraction of sp³-hybridized carbons (Fsp3) is 0.278. The lowest BCUT2D eigenvalue weighted by molar-refractivity contribution is -0.125. The Hall–Kier alpha value is -1.40. The molecular weight excluding hydrogens is 390 g/mol. The van der Waals surface area contributed by atoms with E-state index in [1.807, 2.05) is 36.4 Å². The first-order valence-electron chi connectivity index (χ1n) is 7.93. The van der Waals surface area contributed by atoms with Crippen LogP contribution < -0.4 is 16.2 Å². The van der Waals surface area contributed by atoms with Crippen LogP contribution >= 0.6 is 27.5 Å².